The number of nitrogen functional groups attached to an aromatic ring is 1. The molecule has 19 heavy (non-hydrogen) atoms. The van der Waals surface area contributed by atoms with Crippen LogP contribution in [-0.2, 0) is 20.5 Å². The molecule has 0 saturated heterocycles. The molecule has 1 aromatic carbocycles. The van der Waals surface area contributed by atoms with Gasteiger partial charge in [0.1, 0.15) is 4.90 Å². The number of rotatable bonds is 2. The van der Waals surface area contributed by atoms with Crippen LogP contribution in [0.1, 0.15) is 18.5 Å². The average molecular weight is 314 g/mol. The molecule has 0 amide bonds. The normalized spacial score (nSPS) is 13.3. The third-order valence-electron chi connectivity index (χ3n) is 1.82. The van der Waals surface area contributed by atoms with Crippen molar-refractivity contribution in [2.24, 2.45) is 5.73 Å². The summed E-state index contributed by atoms with van der Waals surface area (Å²) < 4.78 is 62.5. The molecule has 110 valence electrons. The summed E-state index contributed by atoms with van der Waals surface area (Å²) in [5, 5.41) is 0. The van der Waals surface area contributed by atoms with Crippen LogP contribution in [0, 0.1) is 0 Å². The molecule has 0 saturated carbocycles. The minimum Gasteiger partial charge on any atom is -0.398 e. The largest absolute Gasteiger partial charge is 0.398 e. The zero-order valence-corrected chi connectivity index (χ0v) is 11.4. The molecule has 11 heteroatoms. The molecule has 1 rings (SSSR count). The van der Waals surface area contributed by atoms with Crippen LogP contribution in [0.25, 0.3) is 0 Å². The number of benzene rings is 1. The summed E-state index contributed by atoms with van der Waals surface area (Å²) in [4.78, 5) is -0.296. The Bertz CT molecular complexity index is 629. The molecule has 0 aliphatic heterocycles. The van der Waals surface area contributed by atoms with Gasteiger partial charge in [0.2, 0.25) is 0 Å². The molecule has 1 aromatic rings. The Morgan fingerprint density at radius 1 is 1.11 bits per heavy atom. The molecule has 0 aromatic heterocycles. The van der Waals surface area contributed by atoms with Crippen LogP contribution < -0.4 is 11.5 Å². The zero-order valence-electron chi connectivity index (χ0n) is 9.76. The van der Waals surface area contributed by atoms with E-state index in [-0.39, 0.29) is 10.6 Å². The van der Waals surface area contributed by atoms with Crippen molar-refractivity contribution in [3.8, 4) is 0 Å². The van der Waals surface area contributed by atoms with E-state index in [1.165, 1.54) is 12.1 Å². The fourth-order valence-corrected chi connectivity index (χ4v) is 2.15. The van der Waals surface area contributed by atoms with Crippen molar-refractivity contribution in [2.45, 2.75) is 17.9 Å². The maximum atomic E-state index is 11.0. The summed E-state index contributed by atoms with van der Waals surface area (Å²) in [5.41, 5.74) is 11.3. The van der Waals surface area contributed by atoms with Gasteiger partial charge in [-0.1, -0.05) is 12.1 Å². The lowest BCUT2D eigenvalue weighted by atomic mass is 10.1. The lowest BCUT2D eigenvalue weighted by molar-refractivity contribution is 0.381. The standard InChI is InChI=1S/C8H12N2O3S.H2O4S/c1-5(9)6-3-2-4-7(10)8(6)14(11,12)13;1-5(2,3)4/h2-5H,9-10H2,1H3,(H,11,12,13);(H2,1,2,3,4). The Morgan fingerprint density at radius 3 is 1.79 bits per heavy atom. The average Bonchev–Trinajstić information content (AvgIpc) is 2.12. The summed E-state index contributed by atoms with van der Waals surface area (Å²) in [6, 6.07) is 4.00. The van der Waals surface area contributed by atoms with Gasteiger partial charge in [0.05, 0.1) is 5.69 Å². The van der Waals surface area contributed by atoms with E-state index < -0.39 is 26.6 Å². The molecule has 0 fully saturated rings. The highest BCUT2D eigenvalue weighted by Crippen LogP contribution is 2.26. The van der Waals surface area contributed by atoms with Gasteiger partial charge in [-0.25, -0.2) is 0 Å². The summed E-state index contributed by atoms with van der Waals surface area (Å²) in [5.74, 6) is 0. The van der Waals surface area contributed by atoms with Gasteiger partial charge in [0.25, 0.3) is 10.1 Å². The molecule has 9 nitrogen and oxygen atoms in total. The second kappa shape index (κ2) is 6.27. The molecule has 1 unspecified atom stereocenters. The minimum absolute atomic E-state index is 0.00213. The highest BCUT2D eigenvalue weighted by Gasteiger charge is 2.20. The second-order valence-corrected chi connectivity index (χ2v) is 5.73. The van der Waals surface area contributed by atoms with Crippen LogP contribution in [0.4, 0.5) is 5.69 Å². The third-order valence-corrected chi connectivity index (χ3v) is 2.81. The smallest absolute Gasteiger partial charge is 0.394 e. The first-order chi connectivity index (χ1) is 8.34. The topological polar surface area (TPSA) is 181 Å². The molecule has 0 heterocycles. The molecular weight excluding hydrogens is 300 g/mol. The van der Waals surface area contributed by atoms with Crippen molar-refractivity contribution in [3.63, 3.8) is 0 Å². The molecule has 7 N–H and O–H groups in total. The van der Waals surface area contributed by atoms with Crippen molar-refractivity contribution >= 4 is 26.2 Å². The Kier molecular flexibility index (Phi) is 5.86. The molecule has 0 radical (unpaired) electrons. The van der Waals surface area contributed by atoms with E-state index in [0.29, 0.717) is 5.56 Å². The van der Waals surface area contributed by atoms with Crippen molar-refractivity contribution in [3.05, 3.63) is 23.8 Å². The maximum Gasteiger partial charge on any atom is 0.394 e. The second-order valence-electron chi connectivity index (χ2n) is 3.48. The fraction of sp³-hybridized carbons (Fsp3) is 0.250. The quantitative estimate of drug-likeness (QED) is 0.367. The first-order valence-electron chi connectivity index (χ1n) is 4.65. The predicted molar refractivity (Wildman–Crippen MR) is 67.4 cm³/mol. The third kappa shape index (κ3) is 7.05. The molecule has 1 atom stereocenters. The number of anilines is 1. The van der Waals surface area contributed by atoms with Gasteiger partial charge in [-0.15, -0.1) is 0 Å². The van der Waals surface area contributed by atoms with Crippen molar-refractivity contribution in [2.75, 3.05) is 5.73 Å². The Hall–Kier alpha value is -1.24. The van der Waals surface area contributed by atoms with E-state index in [2.05, 4.69) is 0 Å². The number of hydrogen-bond acceptors (Lipinski definition) is 6. The van der Waals surface area contributed by atoms with Crippen LogP contribution in [0.2, 0.25) is 0 Å². The maximum absolute atomic E-state index is 11.0. The van der Waals surface area contributed by atoms with Gasteiger partial charge in [0, 0.05) is 6.04 Å². The Morgan fingerprint density at radius 2 is 1.53 bits per heavy atom. The number of nitrogens with two attached hydrogens (primary N) is 2. The van der Waals surface area contributed by atoms with E-state index in [0.717, 1.165) is 0 Å². The summed E-state index contributed by atoms with van der Waals surface area (Å²) in [6.45, 7) is 1.61. The van der Waals surface area contributed by atoms with E-state index in [4.69, 9.17) is 33.5 Å². The molecular formula is C8H14N2O7S2. The van der Waals surface area contributed by atoms with E-state index in [1.807, 2.05) is 0 Å². The van der Waals surface area contributed by atoms with Crippen molar-refractivity contribution < 1.29 is 30.5 Å². The van der Waals surface area contributed by atoms with Gasteiger partial charge in [-0.05, 0) is 18.6 Å². The highest BCUT2D eigenvalue weighted by molar-refractivity contribution is 7.86. The number of hydrogen-bond donors (Lipinski definition) is 5. The molecule has 0 aliphatic rings. The predicted octanol–water partition coefficient (Wildman–Crippen LogP) is -0.118. The van der Waals surface area contributed by atoms with Crippen molar-refractivity contribution in [1.29, 1.82) is 0 Å². The summed E-state index contributed by atoms with van der Waals surface area (Å²) in [6.07, 6.45) is 0. The first-order valence-corrected chi connectivity index (χ1v) is 7.49. The van der Waals surface area contributed by atoms with Gasteiger partial charge in [-0.3, -0.25) is 13.7 Å². The van der Waals surface area contributed by atoms with Crippen molar-refractivity contribution in [1.82, 2.24) is 0 Å². The Balaban J connectivity index is 0.000000555. The van der Waals surface area contributed by atoms with E-state index in [1.54, 1.807) is 13.0 Å². The summed E-state index contributed by atoms with van der Waals surface area (Å²) in [7, 11) is -8.98. The van der Waals surface area contributed by atoms with Crippen LogP contribution in [0.15, 0.2) is 23.1 Å². The van der Waals surface area contributed by atoms with Gasteiger partial charge in [0.15, 0.2) is 0 Å². The van der Waals surface area contributed by atoms with E-state index in [9.17, 15) is 8.42 Å². The van der Waals surface area contributed by atoms with Gasteiger partial charge in [-0.2, -0.15) is 16.8 Å². The van der Waals surface area contributed by atoms with E-state index >= 15 is 0 Å². The lowest BCUT2D eigenvalue weighted by Crippen LogP contribution is -2.13. The lowest BCUT2D eigenvalue weighted by Gasteiger charge is -2.12. The minimum atomic E-state index is -4.67. The van der Waals surface area contributed by atoms with Crippen LogP contribution in [0.5, 0.6) is 0 Å². The van der Waals surface area contributed by atoms with Gasteiger partial charge >= 0.3 is 10.4 Å². The molecule has 0 spiro atoms. The molecule has 0 bridgehead atoms. The molecule has 0 aliphatic carbocycles. The van der Waals surface area contributed by atoms with Crippen LogP contribution in [-0.4, -0.2) is 30.5 Å². The SMILES string of the molecule is CC(N)c1cccc(N)c1S(=O)(=O)O.O=S(=O)(O)O. The summed E-state index contributed by atoms with van der Waals surface area (Å²) >= 11 is 0. The highest BCUT2D eigenvalue weighted by atomic mass is 32.3. The zero-order chi connectivity index (χ0) is 15.4. The first kappa shape index (κ1) is 17.8. The fourth-order valence-electron chi connectivity index (χ4n) is 1.23. The monoisotopic (exact) mass is 314 g/mol. The van der Waals surface area contributed by atoms with Crippen LogP contribution >= 0.6 is 0 Å². The Labute approximate surface area is 110 Å². The van der Waals surface area contributed by atoms with Gasteiger partial charge < -0.3 is 11.5 Å². The van der Waals surface area contributed by atoms with Crippen LogP contribution in [0.3, 0.4) is 0 Å².